The molecule has 0 amide bonds. The average Bonchev–Trinajstić information content (AvgIpc) is 2.11. The van der Waals surface area contributed by atoms with Crippen LogP contribution in [0.3, 0.4) is 0 Å². The van der Waals surface area contributed by atoms with E-state index in [0.29, 0.717) is 10.6 Å². The van der Waals surface area contributed by atoms with Crippen LogP contribution in [-0.2, 0) is 4.79 Å². The Balaban J connectivity index is 3.23. The van der Waals surface area contributed by atoms with Crippen molar-refractivity contribution in [3.05, 3.63) is 34.3 Å². The third-order valence-electron chi connectivity index (χ3n) is 2.49. The number of benzene rings is 1. The topological polar surface area (TPSA) is 37.3 Å². The molecule has 1 N–H and O–H groups in total. The molecule has 3 heteroatoms. The van der Waals surface area contributed by atoms with Gasteiger partial charge >= 0.3 is 5.97 Å². The van der Waals surface area contributed by atoms with Crippen molar-refractivity contribution in [1.29, 1.82) is 0 Å². The maximum atomic E-state index is 11.1. The smallest absolute Gasteiger partial charge is 0.311 e. The molecule has 1 atom stereocenters. The molecule has 2 nitrogen and oxygen atoms in total. The third kappa shape index (κ3) is 2.51. The maximum Gasteiger partial charge on any atom is 0.311 e. The molecule has 82 valence electrons. The van der Waals surface area contributed by atoms with E-state index in [-0.39, 0.29) is 5.92 Å². The lowest BCUT2D eigenvalue weighted by Crippen LogP contribution is -2.18. The van der Waals surface area contributed by atoms with Crippen LogP contribution >= 0.6 is 11.6 Å². The Kier molecular flexibility index (Phi) is 3.75. The summed E-state index contributed by atoms with van der Waals surface area (Å²) in [5.41, 5.74) is 1.63. The number of carbonyl (C=O) groups is 1. The van der Waals surface area contributed by atoms with Gasteiger partial charge in [0.25, 0.3) is 0 Å². The first kappa shape index (κ1) is 12.1. The molecule has 0 aliphatic heterocycles. The van der Waals surface area contributed by atoms with Crippen molar-refractivity contribution < 1.29 is 9.90 Å². The fourth-order valence-electron chi connectivity index (χ4n) is 1.69. The maximum absolute atomic E-state index is 11.1. The van der Waals surface area contributed by atoms with Gasteiger partial charge in [0.05, 0.1) is 5.92 Å². The summed E-state index contributed by atoms with van der Waals surface area (Å²) < 4.78 is 0. The van der Waals surface area contributed by atoms with Crippen LogP contribution in [0.2, 0.25) is 5.02 Å². The van der Waals surface area contributed by atoms with Gasteiger partial charge in [-0.2, -0.15) is 0 Å². The fraction of sp³-hybridized carbons (Fsp3) is 0.417. The molecule has 0 spiro atoms. The monoisotopic (exact) mass is 226 g/mol. The van der Waals surface area contributed by atoms with Gasteiger partial charge in [-0.05, 0) is 24.0 Å². The molecule has 0 heterocycles. The molecule has 0 fully saturated rings. The molecule has 0 bridgehead atoms. The molecule has 1 aromatic carbocycles. The van der Waals surface area contributed by atoms with Crippen molar-refractivity contribution >= 4 is 17.6 Å². The van der Waals surface area contributed by atoms with E-state index in [4.69, 9.17) is 16.7 Å². The van der Waals surface area contributed by atoms with Gasteiger partial charge in [-0.25, -0.2) is 0 Å². The van der Waals surface area contributed by atoms with E-state index >= 15 is 0 Å². The second-order valence-electron chi connectivity index (χ2n) is 4.04. The largest absolute Gasteiger partial charge is 0.481 e. The van der Waals surface area contributed by atoms with Crippen molar-refractivity contribution in [2.45, 2.75) is 26.7 Å². The molecule has 0 aromatic heterocycles. The molecule has 0 aliphatic rings. The molecule has 1 rings (SSSR count). The van der Waals surface area contributed by atoms with E-state index in [1.165, 1.54) is 0 Å². The number of halogens is 1. The number of aliphatic carboxylic acids is 1. The highest BCUT2D eigenvalue weighted by Gasteiger charge is 2.25. The predicted molar refractivity (Wildman–Crippen MR) is 61.4 cm³/mol. The molecule has 1 aromatic rings. The van der Waals surface area contributed by atoms with Gasteiger partial charge in [0, 0.05) is 5.02 Å². The molecular formula is C12H15ClO2. The fourth-order valence-corrected chi connectivity index (χ4v) is 1.93. The summed E-state index contributed by atoms with van der Waals surface area (Å²) in [5, 5.41) is 9.72. The lowest BCUT2D eigenvalue weighted by molar-refractivity contribution is -0.139. The van der Waals surface area contributed by atoms with Crippen LogP contribution in [0, 0.1) is 12.8 Å². The summed E-state index contributed by atoms with van der Waals surface area (Å²) in [6.45, 7) is 5.65. The van der Waals surface area contributed by atoms with Crippen molar-refractivity contribution in [2.24, 2.45) is 5.92 Å². The predicted octanol–water partition coefficient (Wildman–Crippen LogP) is 3.47. The quantitative estimate of drug-likeness (QED) is 0.857. The average molecular weight is 227 g/mol. The Morgan fingerprint density at radius 3 is 2.47 bits per heavy atom. The van der Waals surface area contributed by atoms with Crippen LogP contribution < -0.4 is 0 Å². The number of hydrogen-bond donors (Lipinski definition) is 1. The highest BCUT2D eigenvalue weighted by molar-refractivity contribution is 6.32. The highest BCUT2D eigenvalue weighted by atomic mass is 35.5. The Bertz CT molecular complexity index is 372. The summed E-state index contributed by atoms with van der Waals surface area (Å²) in [4.78, 5) is 11.1. The van der Waals surface area contributed by atoms with Crippen molar-refractivity contribution in [3.8, 4) is 0 Å². The molecule has 15 heavy (non-hydrogen) atoms. The minimum atomic E-state index is -0.822. The zero-order chi connectivity index (χ0) is 11.6. The lowest BCUT2D eigenvalue weighted by atomic mass is 9.88. The Morgan fingerprint density at radius 1 is 1.40 bits per heavy atom. The zero-order valence-corrected chi connectivity index (χ0v) is 9.88. The number of carboxylic acid groups (broad SMARTS) is 1. The van der Waals surface area contributed by atoms with E-state index < -0.39 is 11.9 Å². The standard InChI is InChI=1S/C12H15ClO2/c1-7(2)10(12(14)15)9-6-4-5-8(3)11(9)13/h4-7,10H,1-3H3,(H,14,15). The molecule has 0 aliphatic carbocycles. The van der Waals surface area contributed by atoms with Crippen LogP contribution in [0.25, 0.3) is 0 Å². The van der Waals surface area contributed by atoms with Crippen LogP contribution in [0.15, 0.2) is 18.2 Å². The molecule has 1 unspecified atom stereocenters. The summed E-state index contributed by atoms with van der Waals surface area (Å²) in [5.74, 6) is -1.32. The normalized spacial score (nSPS) is 12.9. The van der Waals surface area contributed by atoms with Gasteiger partial charge in [-0.15, -0.1) is 0 Å². The van der Waals surface area contributed by atoms with Gasteiger partial charge in [-0.1, -0.05) is 43.6 Å². The first-order chi connectivity index (χ1) is 6.95. The number of aryl methyl sites for hydroxylation is 1. The van der Waals surface area contributed by atoms with Gasteiger partial charge in [0.2, 0.25) is 0 Å². The molecule has 0 radical (unpaired) electrons. The molecule has 0 saturated heterocycles. The summed E-state index contributed by atoms with van der Waals surface area (Å²) >= 11 is 6.11. The number of rotatable bonds is 3. The van der Waals surface area contributed by atoms with Gasteiger partial charge < -0.3 is 5.11 Å². The highest BCUT2D eigenvalue weighted by Crippen LogP contribution is 2.32. The van der Waals surface area contributed by atoms with E-state index in [0.717, 1.165) is 5.56 Å². The SMILES string of the molecule is Cc1cccc(C(C(=O)O)C(C)C)c1Cl. The molecule has 0 saturated carbocycles. The van der Waals surface area contributed by atoms with Gasteiger partial charge in [0.15, 0.2) is 0 Å². The minimum Gasteiger partial charge on any atom is -0.481 e. The van der Waals surface area contributed by atoms with Gasteiger partial charge in [-0.3, -0.25) is 4.79 Å². The third-order valence-corrected chi connectivity index (χ3v) is 3.01. The lowest BCUT2D eigenvalue weighted by Gasteiger charge is -2.18. The van der Waals surface area contributed by atoms with Crippen LogP contribution in [0.5, 0.6) is 0 Å². The summed E-state index contributed by atoms with van der Waals surface area (Å²) in [6.07, 6.45) is 0. The number of carboxylic acids is 1. The van der Waals surface area contributed by atoms with E-state index in [2.05, 4.69) is 0 Å². The first-order valence-corrected chi connectivity index (χ1v) is 5.30. The molecular weight excluding hydrogens is 212 g/mol. The summed E-state index contributed by atoms with van der Waals surface area (Å²) in [6, 6.07) is 5.51. The van der Waals surface area contributed by atoms with Crippen LogP contribution in [0.1, 0.15) is 30.9 Å². The van der Waals surface area contributed by atoms with E-state index in [9.17, 15) is 4.79 Å². The van der Waals surface area contributed by atoms with Crippen molar-refractivity contribution in [3.63, 3.8) is 0 Å². The summed E-state index contributed by atoms with van der Waals surface area (Å²) in [7, 11) is 0. The van der Waals surface area contributed by atoms with Crippen LogP contribution in [-0.4, -0.2) is 11.1 Å². The first-order valence-electron chi connectivity index (χ1n) is 4.93. The van der Waals surface area contributed by atoms with Gasteiger partial charge in [0.1, 0.15) is 0 Å². The van der Waals surface area contributed by atoms with Crippen molar-refractivity contribution in [2.75, 3.05) is 0 Å². The Morgan fingerprint density at radius 2 is 2.00 bits per heavy atom. The van der Waals surface area contributed by atoms with E-state index in [1.807, 2.05) is 32.9 Å². The Labute approximate surface area is 94.9 Å². The Hall–Kier alpha value is -1.02. The second kappa shape index (κ2) is 4.67. The minimum absolute atomic E-state index is 0.0294. The number of hydrogen-bond acceptors (Lipinski definition) is 1. The second-order valence-corrected chi connectivity index (χ2v) is 4.42. The van der Waals surface area contributed by atoms with Crippen LogP contribution in [0.4, 0.5) is 0 Å². The zero-order valence-electron chi connectivity index (χ0n) is 9.12. The van der Waals surface area contributed by atoms with E-state index in [1.54, 1.807) is 6.07 Å². The van der Waals surface area contributed by atoms with Crippen molar-refractivity contribution in [1.82, 2.24) is 0 Å².